The number of nitrogens with one attached hydrogen (secondary N) is 2. The van der Waals surface area contributed by atoms with Gasteiger partial charge in [0.1, 0.15) is 12.4 Å². The van der Waals surface area contributed by atoms with Crippen molar-refractivity contribution in [2.75, 3.05) is 12.9 Å². The van der Waals surface area contributed by atoms with Crippen molar-refractivity contribution in [3.63, 3.8) is 0 Å². The molecule has 6 rings (SSSR count). The highest BCUT2D eigenvalue weighted by molar-refractivity contribution is 7.99. The summed E-state index contributed by atoms with van der Waals surface area (Å²) in [5.74, 6) is 0.165. The van der Waals surface area contributed by atoms with E-state index >= 15 is 0 Å². The Morgan fingerprint density at radius 1 is 0.941 bits per heavy atom. The van der Waals surface area contributed by atoms with Crippen molar-refractivity contribution in [3.8, 4) is 11.1 Å². The van der Waals surface area contributed by atoms with Gasteiger partial charge in [-0.15, -0.1) is 10.2 Å². The van der Waals surface area contributed by atoms with Crippen molar-refractivity contribution in [2.45, 2.75) is 55.7 Å². The van der Waals surface area contributed by atoms with Gasteiger partial charge in [0.05, 0.1) is 25.9 Å². The summed E-state index contributed by atoms with van der Waals surface area (Å²) < 4.78 is 19.9. The molecule has 1 aliphatic heterocycles. The average molecular weight is 708 g/mol. The number of esters is 1. The predicted octanol–water partition coefficient (Wildman–Crippen LogP) is 5.90. The second kappa shape index (κ2) is 17.3. The molecule has 12 heteroatoms. The Labute approximate surface area is 301 Å². The van der Waals surface area contributed by atoms with Crippen molar-refractivity contribution >= 4 is 23.8 Å². The van der Waals surface area contributed by atoms with Crippen LogP contribution in [0.3, 0.4) is 0 Å². The number of aromatic nitrogens is 3. The molecular formula is C39H41N5O6S. The van der Waals surface area contributed by atoms with Crippen LogP contribution in [0.1, 0.15) is 46.6 Å². The molecule has 0 saturated carbocycles. The van der Waals surface area contributed by atoms with Crippen LogP contribution in [0.4, 0.5) is 4.79 Å². The molecule has 264 valence electrons. The van der Waals surface area contributed by atoms with Gasteiger partial charge in [-0.3, -0.25) is 0 Å². The number of carbonyl (C=O) groups excluding carboxylic acids is 2. The normalized spacial score (nSPS) is 17.7. The molecule has 0 spiro atoms. The van der Waals surface area contributed by atoms with Gasteiger partial charge < -0.3 is 34.5 Å². The van der Waals surface area contributed by atoms with Crippen molar-refractivity contribution in [1.82, 2.24) is 25.4 Å². The molecule has 1 aromatic heterocycles. The first kappa shape index (κ1) is 35.8. The van der Waals surface area contributed by atoms with Gasteiger partial charge in [-0.05, 0) is 33.4 Å². The lowest BCUT2D eigenvalue weighted by Gasteiger charge is -2.36. The van der Waals surface area contributed by atoms with Gasteiger partial charge in [0.2, 0.25) is 0 Å². The van der Waals surface area contributed by atoms with Crippen molar-refractivity contribution < 1.29 is 28.9 Å². The fourth-order valence-electron chi connectivity index (χ4n) is 5.94. The van der Waals surface area contributed by atoms with Crippen LogP contribution in [0.25, 0.3) is 11.1 Å². The van der Waals surface area contributed by atoms with Gasteiger partial charge in [0.25, 0.3) is 0 Å². The lowest BCUT2D eigenvalue weighted by atomic mass is 9.98. The van der Waals surface area contributed by atoms with E-state index in [1.165, 1.54) is 7.11 Å². The van der Waals surface area contributed by atoms with Gasteiger partial charge >= 0.3 is 12.0 Å². The van der Waals surface area contributed by atoms with Crippen LogP contribution in [0, 0.1) is 0 Å². The number of aryl methyl sites for hydroxylation is 1. The van der Waals surface area contributed by atoms with E-state index in [1.54, 1.807) is 18.1 Å². The van der Waals surface area contributed by atoms with Gasteiger partial charge in [0, 0.05) is 37.8 Å². The van der Waals surface area contributed by atoms with E-state index in [0.29, 0.717) is 18.6 Å². The molecule has 1 saturated heterocycles. The third-order valence-electron chi connectivity index (χ3n) is 8.71. The minimum absolute atomic E-state index is 0.0160. The Hall–Kier alpha value is -5.01. The number of urea groups is 1. The van der Waals surface area contributed by atoms with E-state index in [4.69, 9.17) is 14.2 Å². The molecular weight excluding hydrogens is 667 g/mol. The number of aliphatic hydroxyl groups excluding tert-OH is 1. The summed E-state index contributed by atoms with van der Waals surface area (Å²) in [5.41, 5.74) is 6.50. The quantitative estimate of drug-likeness (QED) is 0.101. The molecule has 1 aliphatic rings. The van der Waals surface area contributed by atoms with E-state index in [-0.39, 0.29) is 25.4 Å². The van der Waals surface area contributed by atoms with Crippen LogP contribution >= 0.6 is 11.8 Å². The van der Waals surface area contributed by atoms with E-state index in [9.17, 15) is 14.7 Å². The van der Waals surface area contributed by atoms with Gasteiger partial charge in [-0.1, -0.05) is 115 Å². The fraction of sp³-hybridized carbons (Fsp3) is 0.282. The van der Waals surface area contributed by atoms with Gasteiger partial charge in [-0.25, -0.2) is 9.59 Å². The Morgan fingerprint density at radius 3 is 2.37 bits per heavy atom. The topological polar surface area (TPSA) is 137 Å². The molecule has 5 aromatic rings. The second-order valence-electron chi connectivity index (χ2n) is 12.3. The Kier molecular flexibility index (Phi) is 12.1. The summed E-state index contributed by atoms with van der Waals surface area (Å²) in [6.45, 7) is 0.233. The molecule has 4 atom stereocenters. The van der Waals surface area contributed by atoms with Gasteiger partial charge in [0.15, 0.2) is 11.4 Å². The number of carbonyl (C=O) groups is 2. The maximum Gasteiger partial charge on any atom is 0.328 e. The van der Waals surface area contributed by atoms with E-state index in [0.717, 1.165) is 44.1 Å². The molecule has 1 fully saturated rings. The number of thioether (sulfide) groups is 1. The zero-order valence-electron chi connectivity index (χ0n) is 28.5. The molecule has 0 unspecified atom stereocenters. The first-order chi connectivity index (χ1) is 24.9. The molecule has 2 amide bonds. The zero-order valence-corrected chi connectivity index (χ0v) is 29.3. The number of amides is 2. The summed E-state index contributed by atoms with van der Waals surface area (Å²) in [6.07, 6.45) is 1.75. The van der Waals surface area contributed by atoms with Crippen LogP contribution in [-0.4, -0.2) is 56.9 Å². The number of rotatable bonds is 13. The average Bonchev–Trinajstić information content (AvgIpc) is 3.60. The maximum absolute atomic E-state index is 12.9. The predicted molar refractivity (Wildman–Crippen MR) is 193 cm³/mol. The number of methoxy groups -OCH3 is 1. The van der Waals surface area contributed by atoms with Gasteiger partial charge in [-0.2, -0.15) is 0 Å². The summed E-state index contributed by atoms with van der Waals surface area (Å²) >= 11 is 1.59. The van der Waals surface area contributed by atoms with E-state index < -0.39 is 24.3 Å². The largest absolute Gasteiger partial charge is 0.467 e. The van der Waals surface area contributed by atoms with Crippen LogP contribution in [0.15, 0.2) is 115 Å². The fourth-order valence-corrected chi connectivity index (χ4v) is 6.84. The van der Waals surface area contributed by atoms with Crippen molar-refractivity contribution in [2.24, 2.45) is 7.05 Å². The van der Waals surface area contributed by atoms with Crippen LogP contribution in [0.5, 0.6) is 0 Å². The molecule has 3 N–H and O–H groups in total. The monoisotopic (exact) mass is 707 g/mol. The Bertz CT molecular complexity index is 1890. The third-order valence-corrected chi connectivity index (χ3v) is 9.87. The summed E-state index contributed by atoms with van der Waals surface area (Å²) in [4.78, 5) is 25.4. The summed E-state index contributed by atoms with van der Waals surface area (Å²) in [5, 5.41) is 24.2. The highest BCUT2D eigenvalue weighted by atomic mass is 32.2. The number of benzene rings is 4. The number of ether oxygens (including phenoxy) is 3. The third kappa shape index (κ3) is 9.41. The van der Waals surface area contributed by atoms with Crippen molar-refractivity contribution in [1.29, 1.82) is 0 Å². The number of hydrogen-bond donors (Lipinski definition) is 3. The minimum atomic E-state index is -0.825. The molecule has 11 nitrogen and oxygen atoms in total. The van der Waals surface area contributed by atoms with Crippen LogP contribution in [0.2, 0.25) is 0 Å². The molecule has 0 radical (unpaired) electrons. The molecule has 0 aliphatic carbocycles. The van der Waals surface area contributed by atoms with E-state index in [2.05, 4.69) is 20.8 Å². The van der Waals surface area contributed by atoms with Crippen LogP contribution in [-0.2, 0) is 45.6 Å². The van der Waals surface area contributed by atoms with Crippen molar-refractivity contribution in [3.05, 3.63) is 137 Å². The Balaban J connectivity index is 1.13. The lowest BCUT2D eigenvalue weighted by molar-refractivity contribution is -0.245. The molecule has 0 bridgehead atoms. The molecule has 2 heterocycles. The number of hydrogen-bond acceptors (Lipinski definition) is 9. The Morgan fingerprint density at radius 2 is 1.67 bits per heavy atom. The number of nitrogens with zero attached hydrogens (tertiary/aromatic N) is 3. The molecule has 51 heavy (non-hydrogen) atoms. The summed E-state index contributed by atoms with van der Waals surface area (Å²) in [6, 6.07) is 31.9. The highest BCUT2D eigenvalue weighted by Crippen LogP contribution is 2.40. The van der Waals surface area contributed by atoms with E-state index in [1.807, 2.05) is 115 Å². The summed E-state index contributed by atoms with van der Waals surface area (Å²) in [7, 11) is 3.22. The second-order valence-corrected chi connectivity index (χ2v) is 13.2. The first-order valence-electron chi connectivity index (χ1n) is 16.7. The standard InChI is InChI=1S/C39H41N5O6S/c1-44-25-41-43-39(44)51-24-32-21-35(29-14-12-27(23-45)13-15-29)50-37(49-32)30-18-16-28(17-19-30)33-11-7-6-10-31(33)22-40-38(47)42-34(36(46)48-2)20-26-8-4-3-5-9-26/h3-19,25,32,34-35,37,45H,20-24H2,1-2H3,(H2,40,42,47)/t32-,34-,35+,37+/m0/s1. The SMILES string of the molecule is COC(=O)[C@H](Cc1ccccc1)NC(=O)NCc1ccccc1-c1ccc([C@@H]2O[C@H](CSc3nncn3C)C[C@H](c3ccc(CO)cc3)O2)cc1. The number of aliphatic hydroxyl groups is 1. The smallest absolute Gasteiger partial charge is 0.328 e. The lowest BCUT2D eigenvalue weighted by Crippen LogP contribution is -2.47. The maximum atomic E-state index is 12.9. The molecule has 4 aromatic carbocycles. The van der Waals surface area contributed by atoms with Crippen LogP contribution < -0.4 is 10.6 Å². The highest BCUT2D eigenvalue weighted by Gasteiger charge is 2.32. The first-order valence-corrected chi connectivity index (χ1v) is 17.7. The minimum Gasteiger partial charge on any atom is -0.467 e. The zero-order chi connectivity index (χ0) is 35.6.